The molecule has 86 heavy (non-hydrogen) atoms. The zero-order valence-corrected chi connectivity index (χ0v) is 54.8. The maximum Gasteiger partial charge on any atom is 0.118 e. The van der Waals surface area contributed by atoms with Gasteiger partial charge in [-0.25, -0.2) is 0 Å². The van der Waals surface area contributed by atoms with Crippen molar-refractivity contribution in [3.8, 4) is 5.75 Å². The number of aryl methyl sites for hydroxylation is 6. The monoisotopic (exact) mass is 1180 g/mol. The largest absolute Gasteiger partial charge is 0.497 e. The molecule has 0 saturated heterocycles. The zero-order chi connectivity index (χ0) is 60.2. The Bertz CT molecular complexity index is 2320. The van der Waals surface area contributed by atoms with Crippen molar-refractivity contribution in [3.05, 3.63) is 236 Å². The highest BCUT2D eigenvalue weighted by Gasteiger charge is 2.03. The molecule has 0 heterocycles. The average molecular weight is 1180 g/mol. The summed E-state index contributed by atoms with van der Waals surface area (Å²) in [5.41, 5.74) is 24.7. The molecule has 0 unspecified atom stereocenters. The Labute approximate surface area is 538 Å². The van der Waals surface area contributed by atoms with Crippen LogP contribution in [-0.2, 0) is 51.4 Å². The van der Waals surface area contributed by atoms with E-state index in [9.17, 15) is 0 Å². The van der Waals surface area contributed by atoms with Gasteiger partial charge >= 0.3 is 0 Å². The van der Waals surface area contributed by atoms with Crippen molar-refractivity contribution >= 4 is 5.69 Å². The van der Waals surface area contributed by atoms with Gasteiger partial charge in [0, 0.05) is 5.69 Å². The molecule has 0 saturated carbocycles. The topological polar surface area (TPSA) is 35.2 Å². The van der Waals surface area contributed by atoms with E-state index in [1.807, 2.05) is 24.3 Å². The van der Waals surface area contributed by atoms with Gasteiger partial charge in [0.1, 0.15) is 5.75 Å². The average Bonchev–Trinajstić information content (AvgIpc) is 3.48. The van der Waals surface area contributed by atoms with Gasteiger partial charge in [-0.05, 0) is 202 Å². The number of nitrogen functional groups attached to an aromatic ring is 1. The molecule has 7 rings (SSSR count). The number of benzene rings is 7. The second-order valence-electron chi connectivity index (χ2n) is 25.3. The van der Waals surface area contributed by atoms with Crippen molar-refractivity contribution in [3.63, 3.8) is 0 Å². The normalized spacial score (nSPS) is 9.81. The predicted molar refractivity (Wildman–Crippen MR) is 399 cm³/mol. The number of methoxy groups -OCH3 is 1. The molecule has 0 aromatic heterocycles. The van der Waals surface area contributed by atoms with Crippen molar-refractivity contribution in [2.45, 2.75) is 234 Å². The fourth-order valence-corrected chi connectivity index (χ4v) is 8.84. The molecule has 2 N–H and O–H groups in total. The molecule has 0 aliphatic heterocycles. The number of ether oxygens (including phenoxy) is 1. The Balaban J connectivity index is -0.000000215. The van der Waals surface area contributed by atoms with Crippen molar-refractivity contribution in [2.24, 2.45) is 41.4 Å². The van der Waals surface area contributed by atoms with Crippen molar-refractivity contribution in [1.29, 1.82) is 0 Å². The minimum atomic E-state index is 0. The molecule has 0 fully saturated rings. The second kappa shape index (κ2) is 52.3. The van der Waals surface area contributed by atoms with Gasteiger partial charge in [0.05, 0.1) is 7.11 Å². The minimum Gasteiger partial charge on any atom is -0.497 e. The molecule has 7 aromatic rings. The first-order valence-electron chi connectivity index (χ1n) is 30.5. The third-order valence-electron chi connectivity index (χ3n) is 12.9. The lowest BCUT2D eigenvalue weighted by Gasteiger charge is -2.08. The Morgan fingerprint density at radius 1 is 0.291 bits per heavy atom. The highest BCUT2D eigenvalue weighted by molar-refractivity contribution is 5.39. The van der Waals surface area contributed by atoms with E-state index < -0.39 is 0 Å². The second-order valence-corrected chi connectivity index (χ2v) is 25.3. The molecular weight excluding hydrogens is 1040 g/mol. The summed E-state index contributed by atoms with van der Waals surface area (Å²) < 4.78 is 5.07. The maximum atomic E-state index is 5.56. The number of hydrogen-bond donors (Lipinski definition) is 1. The molecular formula is C84H139NO. The molecule has 0 radical (unpaired) electrons. The van der Waals surface area contributed by atoms with Gasteiger partial charge in [-0.3, -0.25) is 0 Å². The lowest BCUT2D eigenvalue weighted by molar-refractivity contribution is 0.414. The molecule has 486 valence electrons. The van der Waals surface area contributed by atoms with E-state index in [1.165, 1.54) is 104 Å². The summed E-state index contributed by atoms with van der Waals surface area (Å²) in [6.45, 7) is 44.3. The summed E-state index contributed by atoms with van der Waals surface area (Å²) in [6, 6.07) is 58.4. The highest BCUT2D eigenvalue weighted by Crippen LogP contribution is 2.17. The fourth-order valence-electron chi connectivity index (χ4n) is 8.84. The maximum absolute atomic E-state index is 5.56. The quantitative estimate of drug-likeness (QED) is 0.0979. The van der Waals surface area contributed by atoms with Crippen LogP contribution in [0.5, 0.6) is 5.75 Å². The first-order valence-corrected chi connectivity index (χ1v) is 30.5. The van der Waals surface area contributed by atoms with E-state index in [0.29, 0.717) is 0 Å². The van der Waals surface area contributed by atoms with Crippen molar-refractivity contribution in [1.82, 2.24) is 0 Å². The summed E-state index contributed by atoms with van der Waals surface area (Å²) in [5.74, 6) is 6.18. The van der Waals surface area contributed by atoms with Crippen LogP contribution in [-0.4, -0.2) is 7.11 Å². The van der Waals surface area contributed by atoms with E-state index >= 15 is 0 Å². The summed E-state index contributed by atoms with van der Waals surface area (Å²) in [5, 5.41) is 0. The van der Waals surface area contributed by atoms with E-state index in [1.54, 1.807) is 7.11 Å². The zero-order valence-electron chi connectivity index (χ0n) is 54.8. The van der Waals surface area contributed by atoms with Crippen LogP contribution in [0.1, 0.15) is 221 Å². The van der Waals surface area contributed by atoms with Crippen LogP contribution in [0, 0.1) is 76.0 Å². The van der Waals surface area contributed by atoms with Gasteiger partial charge in [-0.15, -0.1) is 0 Å². The first-order chi connectivity index (χ1) is 37.8. The third kappa shape index (κ3) is 47.3. The van der Waals surface area contributed by atoms with Crippen LogP contribution in [0.25, 0.3) is 0 Å². The van der Waals surface area contributed by atoms with E-state index in [0.717, 1.165) is 72.1 Å². The number of anilines is 1. The van der Waals surface area contributed by atoms with E-state index in [4.69, 9.17) is 10.5 Å². The van der Waals surface area contributed by atoms with Crippen LogP contribution in [0.4, 0.5) is 5.69 Å². The number of nitrogens with two attached hydrogens (primary N) is 1. The highest BCUT2D eigenvalue weighted by atomic mass is 16.5. The third-order valence-corrected chi connectivity index (χ3v) is 12.9. The molecule has 0 aliphatic carbocycles. The Kier molecular flexibility index (Phi) is 55.5. The first kappa shape index (κ1) is 91.3. The van der Waals surface area contributed by atoms with Crippen LogP contribution < -0.4 is 10.5 Å². The Morgan fingerprint density at radius 2 is 0.512 bits per heavy atom. The molecule has 2 heteroatoms. The molecule has 0 bridgehead atoms. The SMILES string of the molecule is C.C.C.C.C.C.CC(C)Cc1ccc(N)cc1.CCc1ccc(CC(C)C)cc1.COc1ccc(CC(C)C)cc1.Cc1ccc(CC(C)C)c(C)c1.Cc1ccc(CC(C)C)cc1.Cc1ccc(CC(C)C)cc1.Cc1ccc(CC(C)C)cc1. The molecule has 0 spiro atoms. The summed E-state index contributed by atoms with van der Waals surface area (Å²) in [7, 11) is 1.69. The number of hydrogen-bond acceptors (Lipinski definition) is 2. The van der Waals surface area contributed by atoms with Gasteiger partial charge in [0.25, 0.3) is 0 Å². The minimum absolute atomic E-state index is 0. The Hall–Kier alpha value is -5.86. The predicted octanol–water partition coefficient (Wildman–Crippen LogP) is 25.7. The smallest absolute Gasteiger partial charge is 0.118 e. The van der Waals surface area contributed by atoms with Crippen LogP contribution in [0.15, 0.2) is 164 Å². The molecule has 2 nitrogen and oxygen atoms in total. The summed E-state index contributed by atoms with van der Waals surface area (Å²) >= 11 is 0. The molecule has 0 amide bonds. The van der Waals surface area contributed by atoms with Crippen LogP contribution in [0.3, 0.4) is 0 Å². The van der Waals surface area contributed by atoms with Gasteiger partial charge < -0.3 is 10.5 Å². The number of rotatable bonds is 16. The summed E-state index contributed by atoms with van der Waals surface area (Å²) in [4.78, 5) is 0. The molecule has 0 atom stereocenters. The summed E-state index contributed by atoms with van der Waals surface area (Å²) in [6.07, 6.45) is 9.41. The lowest BCUT2D eigenvalue weighted by atomic mass is 9.97. The van der Waals surface area contributed by atoms with Crippen LogP contribution >= 0.6 is 0 Å². The van der Waals surface area contributed by atoms with E-state index in [2.05, 4.69) is 278 Å². The van der Waals surface area contributed by atoms with Crippen molar-refractivity contribution in [2.75, 3.05) is 12.8 Å². The van der Waals surface area contributed by atoms with E-state index in [-0.39, 0.29) is 44.6 Å². The van der Waals surface area contributed by atoms with Gasteiger partial charge in [-0.1, -0.05) is 310 Å². The molecule has 7 aromatic carbocycles. The van der Waals surface area contributed by atoms with Gasteiger partial charge in [0.15, 0.2) is 0 Å². The fraction of sp³-hybridized carbons (Fsp3) is 0.500. The standard InChI is InChI=1S/2C12H18.C11H16O.3C11H16.C10H15N.6CH4/c1-9(2)7-12-6-5-10(3)8-11(12)4;1-4-11-5-7-12(8-6-11)9-10(2)3;1-9(2)8-10-4-6-11(12-3)7-5-10;3*1-9(2)8-11-6-4-10(3)5-7-11;1-8(2)7-9-3-5-10(11)6-4-9;;;;;;/h5-6,8-9H,7H2,1-4H3;5-8,10H,4,9H2,1-3H3;4-7,9H,8H2,1-3H3;3*4-7,9H,8H2,1-3H3;3-6,8H,7,11H2,1-2H3;6*1H4. The molecule has 0 aliphatic rings. The Morgan fingerprint density at radius 3 is 0.744 bits per heavy atom. The lowest BCUT2D eigenvalue weighted by Crippen LogP contribution is -1.96. The van der Waals surface area contributed by atoms with Crippen molar-refractivity contribution < 1.29 is 4.74 Å². The van der Waals surface area contributed by atoms with Gasteiger partial charge in [-0.2, -0.15) is 0 Å². The van der Waals surface area contributed by atoms with Gasteiger partial charge in [0.2, 0.25) is 0 Å². The van der Waals surface area contributed by atoms with Crippen LogP contribution in [0.2, 0.25) is 0 Å².